The maximum absolute atomic E-state index is 15.0. The summed E-state index contributed by atoms with van der Waals surface area (Å²) in [6, 6.07) is 7.59. The fourth-order valence-electron chi connectivity index (χ4n) is 2.73. The Morgan fingerprint density at radius 2 is 1.50 bits per heavy atom. The maximum atomic E-state index is 15.0. The third-order valence-electron chi connectivity index (χ3n) is 4.39. The third kappa shape index (κ3) is 6.35. The fraction of sp³-hybridized carbons (Fsp3) is 0.280. The molecule has 0 aliphatic heterocycles. The van der Waals surface area contributed by atoms with E-state index in [2.05, 4.69) is 13.2 Å². The lowest BCUT2D eigenvalue weighted by atomic mass is 9.99. The third-order valence-corrected chi connectivity index (χ3v) is 4.39. The van der Waals surface area contributed by atoms with Gasteiger partial charge >= 0.3 is 11.9 Å². The van der Waals surface area contributed by atoms with Gasteiger partial charge in [-0.1, -0.05) is 19.2 Å². The lowest BCUT2D eigenvalue weighted by Gasteiger charge is -2.15. The van der Waals surface area contributed by atoms with Crippen LogP contribution in [0.4, 0.5) is 4.39 Å². The largest absolute Gasteiger partial charge is 0.423 e. The first-order chi connectivity index (χ1) is 15.2. The molecule has 0 N–H and O–H groups in total. The molecule has 170 valence electrons. The molecule has 0 bridgehead atoms. The SMILES string of the molecule is C=C(C)C(=O)Oc1ccc(-c2cc(COCC)c(OC(=O)C(=C)C)cc2F)cc1COC. The van der Waals surface area contributed by atoms with E-state index in [-0.39, 0.29) is 35.7 Å². The zero-order valence-corrected chi connectivity index (χ0v) is 18.7. The zero-order chi connectivity index (χ0) is 23.8. The number of hydrogen-bond donors (Lipinski definition) is 0. The molecule has 0 saturated carbocycles. The predicted octanol–water partition coefficient (Wildman–Crippen LogP) is 5.14. The van der Waals surface area contributed by atoms with Crippen molar-refractivity contribution in [1.82, 2.24) is 0 Å². The van der Waals surface area contributed by atoms with Gasteiger partial charge in [-0.25, -0.2) is 14.0 Å². The van der Waals surface area contributed by atoms with E-state index >= 15 is 4.39 Å². The number of hydrogen-bond acceptors (Lipinski definition) is 6. The first-order valence-electron chi connectivity index (χ1n) is 9.95. The van der Waals surface area contributed by atoms with Gasteiger partial charge in [-0.05, 0) is 44.5 Å². The monoisotopic (exact) mass is 442 g/mol. The van der Waals surface area contributed by atoms with Crippen LogP contribution in [0.1, 0.15) is 31.9 Å². The average Bonchev–Trinajstić information content (AvgIpc) is 2.74. The summed E-state index contributed by atoms with van der Waals surface area (Å²) in [4.78, 5) is 23.9. The second-order valence-electron chi connectivity index (χ2n) is 7.17. The molecule has 2 rings (SSSR count). The predicted molar refractivity (Wildman–Crippen MR) is 119 cm³/mol. The molecule has 0 aliphatic carbocycles. The molecule has 0 atom stereocenters. The molecule has 0 aromatic heterocycles. The van der Waals surface area contributed by atoms with E-state index in [0.29, 0.717) is 29.0 Å². The molecule has 0 unspecified atom stereocenters. The molecule has 6 nitrogen and oxygen atoms in total. The zero-order valence-electron chi connectivity index (χ0n) is 18.7. The number of halogens is 1. The number of carbonyl (C=O) groups excluding carboxylic acids is 2. The Bertz CT molecular complexity index is 1040. The van der Waals surface area contributed by atoms with Crippen LogP contribution in [0, 0.1) is 5.82 Å². The molecular formula is C25H27FO6. The number of methoxy groups -OCH3 is 1. The fourth-order valence-corrected chi connectivity index (χ4v) is 2.73. The van der Waals surface area contributed by atoms with Crippen molar-refractivity contribution < 1.29 is 32.9 Å². The van der Waals surface area contributed by atoms with E-state index in [0.717, 1.165) is 6.07 Å². The summed E-state index contributed by atoms with van der Waals surface area (Å²) in [5.41, 5.74) is 2.31. The van der Waals surface area contributed by atoms with Gasteiger partial charge in [0.05, 0.1) is 13.2 Å². The number of esters is 2. The van der Waals surface area contributed by atoms with Gasteiger partial charge in [-0.15, -0.1) is 0 Å². The van der Waals surface area contributed by atoms with Crippen LogP contribution in [-0.2, 0) is 32.3 Å². The van der Waals surface area contributed by atoms with Crippen molar-refractivity contribution in [3.05, 3.63) is 71.6 Å². The standard InChI is InChI=1S/C25H27FO6/c1-7-30-14-19-11-20(21(26)12-23(19)32-25(28)16(4)5)17-8-9-22(18(10-17)13-29-6)31-24(27)15(2)3/h8-12H,2,4,7,13-14H2,1,3,5-6H3. The molecule has 2 aromatic rings. The minimum Gasteiger partial charge on any atom is -0.423 e. The topological polar surface area (TPSA) is 71.1 Å². The first kappa shape index (κ1) is 25.0. The van der Waals surface area contributed by atoms with E-state index in [4.69, 9.17) is 18.9 Å². The van der Waals surface area contributed by atoms with Crippen molar-refractivity contribution in [3.8, 4) is 22.6 Å². The molecule has 0 spiro atoms. The maximum Gasteiger partial charge on any atom is 0.338 e. The highest BCUT2D eigenvalue weighted by molar-refractivity contribution is 5.89. The summed E-state index contributed by atoms with van der Waals surface area (Å²) in [5.74, 6) is -1.45. The van der Waals surface area contributed by atoms with E-state index in [1.54, 1.807) is 31.2 Å². The highest BCUT2D eigenvalue weighted by Crippen LogP contribution is 2.34. The Hall–Kier alpha value is -3.29. The average molecular weight is 442 g/mol. The molecular weight excluding hydrogens is 415 g/mol. The Morgan fingerprint density at radius 1 is 0.906 bits per heavy atom. The summed E-state index contributed by atoms with van der Waals surface area (Å²) < 4.78 is 36.3. The number of benzene rings is 2. The van der Waals surface area contributed by atoms with Crippen LogP contribution >= 0.6 is 0 Å². The van der Waals surface area contributed by atoms with Gasteiger partial charge in [0.25, 0.3) is 0 Å². The van der Waals surface area contributed by atoms with E-state index < -0.39 is 17.8 Å². The number of rotatable bonds is 10. The molecule has 0 amide bonds. The Morgan fingerprint density at radius 3 is 2.06 bits per heavy atom. The molecule has 7 heteroatoms. The van der Waals surface area contributed by atoms with Crippen LogP contribution in [0.25, 0.3) is 11.1 Å². The van der Waals surface area contributed by atoms with Crippen molar-refractivity contribution in [2.75, 3.05) is 13.7 Å². The van der Waals surface area contributed by atoms with Gasteiger partial charge in [0.1, 0.15) is 17.3 Å². The molecule has 32 heavy (non-hydrogen) atoms. The van der Waals surface area contributed by atoms with Crippen LogP contribution < -0.4 is 9.47 Å². The normalized spacial score (nSPS) is 10.5. The molecule has 0 radical (unpaired) electrons. The quantitative estimate of drug-likeness (QED) is 0.288. The van der Waals surface area contributed by atoms with Crippen LogP contribution in [0.2, 0.25) is 0 Å². The van der Waals surface area contributed by atoms with Crippen molar-refractivity contribution in [2.45, 2.75) is 34.0 Å². The summed E-state index contributed by atoms with van der Waals surface area (Å²) in [7, 11) is 1.50. The molecule has 0 aliphatic rings. The van der Waals surface area contributed by atoms with Crippen molar-refractivity contribution in [1.29, 1.82) is 0 Å². The Balaban J connectivity index is 2.51. The minimum absolute atomic E-state index is 0.0665. The van der Waals surface area contributed by atoms with Gasteiger partial charge in [0.15, 0.2) is 0 Å². The second kappa shape index (κ2) is 11.4. The first-order valence-corrected chi connectivity index (χ1v) is 9.95. The summed E-state index contributed by atoms with van der Waals surface area (Å²) in [6.07, 6.45) is 0. The van der Waals surface area contributed by atoms with Crippen molar-refractivity contribution in [2.24, 2.45) is 0 Å². The summed E-state index contributed by atoms with van der Waals surface area (Å²) in [6.45, 7) is 12.7. The van der Waals surface area contributed by atoms with Gasteiger partial charge in [0, 0.05) is 47.6 Å². The van der Waals surface area contributed by atoms with E-state index in [1.165, 1.54) is 14.0 Å². The smallest absolute Gasteiger partial charge is 0.338 e. The van der Waals surface area contributed by atoms with Crippen molar-refractivity contribution >= 4 is 11.9 Å². The number of carbonyl (C=O) groups is 2. The van der Waals surface area contributed by atoms with Gasteiger partial charge in [0.2, 0.25) is 0 Å². The van der Waals surface area contributed by atoms with E-state index in [1.807, 2.05) is 6.92 Å². The minimum atomic E-state index is -0.652. The molecule has 2 aromatic carbocycles. The molecule has 0 fully saturated rings. The summed E-state index contributed by atoms with van der Waals surface area (Å²) >= 11 is 0. The van der Waals surface area contributed by atoms with Crippen LogP contribution in [0.3, 0.4) is 0 Å². The van der Waals surface area contributed by atoms with Gasteiger partial charge in [-0.3, -0.25) is 0 Å². The van der Waals surface area contributed by atoms with Crippen LogP contribution in [0.5, 0.6) is 11.5 Å². The highest BCUT2D eigenvalue weighted by atomic mass is 19.1. The molecule has 0 saturated heterocycles. The summed E-state index contributed by atoms with van der Waals surface area (Å²) in [5, 5.41) is 0. The van der Waals surface area contributed by atoms with Crippen molar-refractivity contribution in [3.63, 3.8) is 0 Å². The Labute approximate surface area is 187 Å². The Kier molecular flexibility index (Phi) is 8.87. The van der Waals surface area contributed by atoms with Crippen LogP contribution in [0.15, 0.2) is 54.6 Å². The van der Waals surface area contributed by atoms with Gasteiger partial charge < -0.3 is 18.9 Å². The number of ether oxygens (including phenoxy) is 4. The van der Waals surface area contributed by atoms with E-state index in [9.17, 15) is 9.59 Å². The van der Waals surface area contributed by atoms with Crippen LogP contribution in [-0.4, -0.2) is 25.7 Å². The van der Waals surface area contributed by atoms with Gasteiger partial charge in [-0.2, -0.15) is 0 Å². The lowest BCUT2D eigenvalue weighted by molar-refractivity contribution is -0.131. The lowest BCUT2D eigenvalue weighted by Crippen LogP contribution is -2.11. The second-order valence-corrected chi connectivity index (χ2v) is 7.17. The molecule has 0 heterocycles. The highest BCUT2D eigenvalue weighted by Gasteiger charge is 2.18.